The third kappa shape index (κ3) is 2.99. The second-order valence-corrected chi connectivity index (χ2v) is 4.69. The largest absolute Gasteiger partial charge is 0.459 e. The van der Waals surface area contributed by atoms with Crippen molar-refractivity contribution in [2.45, 2.75) is 33.7 Å². The number of hydrogen-bond acceptors (Lipinski definition) is 3. The summed E-state index contributed by atoms with van der Waals surface area (Å²) in [5.41, 5.74) is 2.31. The van der Waals surface area contributed by atoms with Gasteiger partial charge in [0.15, 0.2) is 0 Å². The highest BCUT2D eigenvalue weighted by Gasteiger charge is 2.11. The van der Waals surface area contributed by atoms with Crippen molar-refractivity contribution in [3.63, 3.8) is 0 Å². The van der Waals surface area contributed by atoms with Gasteiger partial charge in [0.05, 0.1) is 6.54 Å². The van der Waals surface area contributed by atoms with E-state index in [0.717, 1.165) is 16.8 Å². The van der Waals surface area contributed by atoms with E-state index in [4.69, 9.17) is 4.42 Å². The van der Waals surface area contributed by atoms with Crippen LogP contribution in [0.25, 0.3) is 11.3 Å². The lowest BCUT2D eigenvalue weighted by molar-refractivity contribution is -0.119. The van der Waals surface area contributed by atoms with E-state index in [1.54, 1.807) is 0 Å². The summed E-state index contributed by atoms with van der Waals surface area (Å²) in [7, 11) is 0. The van der Waals surface area contributed by atoms with Gasteiger partial charge in [-0.1, -0.05) is 6.92 Å². The summed E-state index contributed by atoms with van der Waals surface area (Å²) < 4.78 is 5.70. The highest BCUT2D eigenvalue weighted by molar-refractivity contribution is 5.72. The number of nitrogens with one attached hydrogen (secondary N) is 2. The summed E-state index contributed by atoms with van der Waals surface area (Å²) >= 11 is 0. The third-order valence-electron chi connectivity index (χ3n) is 3.13. The molecule has 20 heavy (non-hydrogen) atoms. The number of furan rings is 1. The Morgan fingerprint density at radius 3 is 2.80 bits per heavy atom. The zero-order valence-corrected chi connectivity index (χ0v) is 11.9. The maximum Gasteiger partial charge on any atom is 0.251 e. The molecule has 0 fully saturated rings. The maximum absolute atomic E-state index is 11.7. The molecular weight excluding hydrogens is 256 g/mol. The predicted octanol–water partition coefficient (Wildman–Crippen LogP) is 2.14. The highest BCUT2D eigenvalue weighted by atomic mass is 16.3. The maximum atomic E-state index is 11.7. The van der Waals surface area contributed by atoms with Gasteiger partial charge in [-0.05, 0) is 31.5 Å². The Morgan fingerprint density at radius 2 is 2.15 bits per heavy atom. The molecule has 2 aromatic rings. The van der Waals surface area contributed by atoms with Gasteiger partial charge in [-0.2, -0.15) is 0 Å². The van der Waals surface area contributed by atoms with Gasteiger partial charge >= 0.3 is 0 Å². The molecule has 0 unspecified atom stereocenters. The average Bonchev–Trinajstić information content (AvgIpc) is 2.85. The quantitative estimate of drug-likeness (QED) is 0.897. The van der Waals surface area contributed by atoms with E-state index in [1.165, 1.54) is 6.92 Å². The molecule has 0 aliphatic carbocycles. The number of carbonyl (C=O) groups is 1. The topological polar surface area (TPSA) is 75.1 Å². The molecule has 0 spiro atoms. The van der Waals surface area contributed by atoms with Crippen LogP contribution in [0.4, 0.5) is 0 Å². The SMILES string of the molecule is CCc1cc(-c2ccc(CNC(C)=O)o2)c(C)[nH]c1=O. The van der Waals surface area contributed by atoms with Crippen LogP contribution in [0, 0.1) is 6.92 Å². The number of pyridine rings is 1. The van der Waals surface area contributed by atoms with E-state index in [1.807, 2.05) is 32.0 Å². The van der Waals surface area contributed by atoms with Crippen LogP contribution in [-0.2, 0) is 17.8 Å². The van der Waals surface area contributed by atoms with Gasteiger partial charge in [0, 0.05) is 23.7 Å². The molecule has 2 heterocycles. The first kappa shape index (κ1) is 14.1. The summed E-state index contributed by atoms with van der Waals surface area (Å²) in [6, 6.07) is 5.52. The normalized spacial score (nSPS) is 10.6. The highest BCUT2D eigenvalue weighted by Crippen LogP contribution is 2.24. The summed E-state index contributed by atoms with van der Waals surface area (Å²) in [6.45, 7) is 5.60. The molecule has 1 amide bonds. The summed E-state index contributed by atoms with van der Waals surface area (Å²) in [6.07, 6.45) is 0.669. The molecule has 2 rings (SSSR count). The van der Waals surface area contributed by atoms with Crippen LogP contribution < -0.4 is 10.9 Å². The van der Waals surface area contributed by atoms with Crippen LogP contribution in [-0.4, -0.2) is 10.9 Å². The van der Waals surface area contributed by atoms with E-state index >= 15 is 0 Å². The van der Waals surface area contributed by atoms with E-state index in [-0.39, 0.29) is 11.5 Å². The molecule has 0 saturated carbocycles. The number of aromatic nitrogens is 1. The number of hydrogen-bond donors (Lipinski definition) is 2. The lowest BCUT2D eigenvalue weighted by Crippen LogP contribution is -2.18. The molecule has 0 aliphatic heterocycles. The third-order valence-corrected chi connectivity index (χ3v) is 3.13. The van der Waals surface area contributed by atoms with Gasteiger partial charge in [-0.3, -0.25) is 9.59 Å². The Morgan fingerprint density at radius 1 is 1.40 bits per heavy atom. The Hall–Kier alpha value is -2.30. The van der Waals surface area contributed by atoms with Crippen molar-refractivity contribution in [1.29, 1.82) is 0 Å². The van der Waals surface area contributed by atoms with Crippen molar-refractivity contribution in [1.82, 2.24) is 10.3 Å². The zero-order valence-electron chi connectivity index (χ0n) is 11.9. The van der Waals surface area contributed by atoms with E-state index in [9.17, 15) is 9.59 Å². The fraction of sp³-hybridized carbons (Fsp3) is 0.333. The summed E-state index contributed by atoms with van der Waals surface area (Å²) in [4.78, 5) is 25.4. The van der Waals surface area contributed by atoms with Gasteiger partial charge in [0.25, 0.3) is 5.56 Å². The molecule has 0 atom stereocenters. The molecule has 5 heteroatoms. The van der Waals surface area contributed by atoms with Crippen molar-refractivity contribution >= 4 is 5.91 Å². The second kappa shape index (κ2) is 5.77. The molecule has 0 saturated heterocycles. The van der Waals surface area contributed by atoms with Gasteiger partial charge in [-0.15, -0.1) is 0 Å². The van der Waals surface area contributed by atoms with Crippen LogP contribution in [0.3, 0.4) is 0 Å². The van der Waals surface area contributed by atoms with Crippen molar-refractivity contribution < 1.29 is 9.21 Å². The predicted molar refractivity (Wildman–Crippen MR) is 76.4 cm³/mol. The van der Waals surface area contributed by atoms with E-state index < -0.39 is 0 Å². The zero-order chi connectivity index (χ0) is 14.7. The molecular formula is C15H18N2O3. The molecule has 0 radical (unpaired) electrons. The minimum absolute atomic E-state index is 0.0567. The fourth-order valence-electron chi connectivity index (χ4n) is 2.01. The van der Waals surface area contributed by atoms with E-state index in [2.05, 4.69) is 10.3 Å². The Kier molecular flexibility index (Phi) is 4.08. The smallest absolute Gasteiger partial charge is 0.251 e. The lowest BCUT2D eigenvalue weighted by Gasteiger charge is -2.05. The Balaban J connectivity index is 2.32. The Bertz CT molecular complexity index is 683. The van der Waals surface area contributed by atoms with Gasteiger partial charge in [0.2, 0.25) is 5.91 Å². The van der Waals surface area contributed by atoms with Crippen LogP contribution in [0.1, 0.15) is 30.9 Å². The van der Waals surface area contributed by atoms with Gasteiger partial charge < -0.3 is 14.7 Å². The standard InChI is InChI=1S/C15H18N2O3/c1-4-11-7-13(9(2)17-15(11)19)14-6-5-12(20-14)8-16-10(3)18/h5-7H,4,8H2,1-3H3,(H,16,18)(H,17,19). The number of aryl methyl sites for hydroxylation is 2. The molecule has 0 bridgehead atoms. The van der Waals surface area contributed by atoms with Crippen LogP contribution >= 0.6 is 0 Å². The minimum atomic E-state index is -0.101. The first-order valence-corrected chi connectivity index (χ1v) is 6.57. The molecule has 2 N–H and O–H groups in total. The van der Waals surface area contributed by atoms with Gasteiger partial charge in [0.1, 0.15) is 11.5 Å². The molecule has 106 valence electrons. The fourth-order valence-corrected chi connectivity index (χ4v) is 2.01. The molecule has 2 aromatic heterocycles. The first-order chi connectivity index (χ1) is 9.51. The minimum Gasteiger partial charge on any atom is -0.459 e. The number of aromatic amines is 1. The summed E-state index contributed by atoms with van der Waals surface area (Å²) in [5.74, 6) is 1.27. The van der Waals surface area contributed by atoms with Crippen LogP contribution in [0.2, 0.25) is 0 Å². The number of amides is 1. The molecule has 0 aromatic carbocycles. The number of carbonyl (C=O) groups excluding carboxylic acids is 1. The Labute approximate surface area is 117 Å². The number of rotatable bonds is 4. The summed E-state index contributed by atoms with van der Waals surface area (Å²) in [5, 5.41) is 2.68. The molecule has 0 aliphatic rings. The molecule has 5 nitrogen and oxygen atoms in total. The first-order valence-electron chi connectivity index (χ1n) is 6.57. The lowest BCUT2D eigenvalue weighted by atomic mass is 10.1. The van der Waals surface area contributed by atoms with E-state index in [0.29, 0.717) is 24.5 Å². The van der Waals surface area contributed by atoms with Crippen molar-refractivity contribution in [3.05, 3.63) is 45.6 Å². The van der Waals surface area contributed by atoms with Crippen LogP contribution in [0.5, 0.6) is 0 Å². The van der Waals surface area contributed by atoms with Crippen molar-refractivity contribution in [3.8, 4) is 11.3 Å². The average molecular weight is 274 g/mol. The van der Waals surface area contributed by atoms with Crippen molar-refractivity contribution in [2.75, 3.05) is 0 Å². The second-order valence-electron chi connectivity index (χ2n) is 4.69. The van der Waals surface area contributed by atoms with Crippen molar-refractivity contribution in [2.24, 2.45) is 0 Å². The van der Waals surface area contributed by atoms with Crippen LogP contribution in [0.15, 0.2) is 27.4 Å². The van der Waals surface area contributed by atoms with Gasteiger partial charge in [-0.25, -0.2) is 0 Å². The number of H-pyrrole nitrogens is 1. The monoisotopic (exact) mass is 274 g/mol.